The molecule has 2 atom stereocenters. The molecule has 0 bridgehead atoms. The molecule has 0 aromatic carbocycles. The average Bonchev–Trinajstić information content (AvgIpc) is 3.08. The van der Waals surface area contributed by atoms with Crippen molar-refractivity contribution in [2.75, 3.05) is 6.61 Å². The summed E-state index contributed by atoms with van der Waals surface area (Å²) in [4.78, 5) is 4.53. The van der Waals surface area contributed by atoms with Crippen LogP contribution in [0.1, 0.15) is 50.4 Å². The van der Waals surface area contributed by atoms with Crippen LogP contribution in [0.5, 0.6) is 0 Å². The van der Waals surface area contributed by atoms with E-state index < -0.39 is 0 Å². The molecule has 0 amide bonds. The zero-order chi connectivity index (χ0) is 14.2. The topological polar surface area (TPSA) is 61.3 Å². The molecule has 1 fully saturated rings. The molecule has 0 N–H and O–H groups in total. The number of hydrogen-bond acceptors (Lipinski definition) is 5. The smallest absolute Gasteiger partial charge is 0.231 e. The van der Waals surface area contributed by atoms with Gasteiger partial charge in [-0.25, -0.2) is 0 Å². The van der Waals surface area contributed by atoms with Crippen LogP contribution in [-0.4, -0.2) is 22.9 Å². The summed E-state index contributed by atoms with van der Waals surface area (Å²) in [5.74, 6) is 1.61. The van der Waals surface area contributed by atoms with Crippen LogP contribution in [0.25, 0.3) is 0 Å². The minimum atomic E-state index is 0.0759. The van der Waals surface area contributed by atoms with Crippen molar-refractivity contribution in [3.8, 4) is 0 Å². The van der Waals surface area contributed by atoms with E-state index in [0.29, 0.717) is 12.3 Å². The maximum absolute atomic E-state index is 5.86. The van der Waals surface area contributed by atoms with Crippen LogP contribution in [0.3, 0.4) is 0 Å². The fraction of sp³-hybridized carbons (Fsp3) is 0.600. The van der Waals surface area contributed by atoms with Crippen molar-refractivity contribution in [2.45, 2.75) is 45.6 Å². The van der Waals surface area contributed by atoms with Crippen molar-refractivity contribution in [3.63, 3.8) is 0 Å². The highest BCUT2D eigenvalue weighted by Crippen LogP contribution is 2.39. The van der Waals surface area contributed by atoms with E-state index >= 15 is 0 Å². The Bertz CT molecular complexity index is 554. The normalized spacial score (nSPS) is 23.4. The second-order valence-electron chi connectivity index (χ2n) is 6.41. The van der Waals surface area contributed by atoms with Crippen LogP contribution in [0, 0.1) is 5.41 Å². The Morgan fingerprint density at radius 1 is 1.35 bits per heavy atom. The van der Waals surface area contributed by atoms with Crippen LogP contribution in [0.15, 0.2) is 27.5 Å². The number of aromatic nitrogens is 2. The van der Waals surface area contributed by atoms with Gasteiger partial charge in [-0.2, -0.15) is 4.98 Å². The Morgan fingerprint density at radius 3 is 2.90 bits per heavy atom. The van der Waals surface area contributed by atoms with E-state index in [-0.39, 0.29) is 17.4 Å². The number of furan rings is 1. The quantitative estimate of drug-likeness (QED) is 0.861. The van der Waals surface area contributed by atoms with Gasteiger partial charge in [0, 0.05) is 6.61 Å². The van der Waals surface area contributed by atoms with Gasteiger partial charge in [0.25, 0.3) is 0 Å². The number of hydrogen-bond donors (Lipinski definition) is 0. The molecule has 0 saturated carbocycles. The van der Waals surface area contributed by atoms with Crippen LogP contribution >= 0.6 is 0 Å². The minimum Gasteiger partial charge on any atom is -0.472 e. The summed E-state index contributed by atoms with van der Waals surface area (Å²) in [6.07, 6.45) is 5.04. The standard InChI is InChI=1S/C15H20N2O3/c1-15(2,3)13-11(5-7-19-13)14-16-12(20-17-14)8-10-4-6-18-9-10/h4,6,9,11,13H,5,7-8H2,1-3H3/t11-,13-/m0/s1. The SMILES string of the molecule is CC(C)(C)[C@H]1OCC[C@@H]1c1noc(Cc2ccoc2)n1. The van der Waals surface area contributed by atoms with Crippen LogP contribution in [0.4, 0.5) is 0 Å². The lowest BCUT2D eigenvalue weighted by Gasteiger charge is -2.29. The molecule has 3 heterocycles. The second kappa shape index (κ2) is 5.05. The number of ether oxygens (including phenoxy) is 1. The molecule has 108 valence electrons. The van der Waals surface area contributed by atoms with Gasteiger partial charge in [0.2, 0.25) is 5.89 Å². The molecule has 0 radical (unpaired) electrons. The molecule has 3 rings (SSSR count). The third kappa shape index (κ3) is 2.63. The van der Waals surface area contributed by atoms with E-state index in [2.05, 4.69) is 30.9 Å². The highest BCUT2D eigenvalue weighted by Gasteiger charge is 2.40. The predicted octanol–water partition coefficient (Wildman–Crippen LogP) is 3.17. The summed E-state index contributed by atoms with van der Waals surface area (Å²) in [6, 6.07) is 1.90. The molecule has 2 aromatic rings. The summed E-state index contributed by atoms with van der Waals surface area (Å²) in [5, 5.41) is 4.15. The van der Waals surface area contributed by atoms with E-state index in [1.165, 1.54) is 0 Å². The molecular weight excluding hydrogens is 256 g/mol. The molecule has 1 aliphatic heterocycles. The first-order chi connectivity index (χ1) is 9.54. The van der Waals surface area contributed by atoms with E-state index in [1.807, 2.05) is 6.07 Å². The summed E-state index contributed by atoms with van der Waals surface area (Å²) in [5.41, 5.74) is 1.11. The van der Waals surface area contributed by atoms with E-state index in [1.54, 1.807) is 12.5 Å². The van der Waals surface area contributed by atoms with Gasteiger partial charge in [-0.1, -0.05) is 25.9 Å². The van der Waals surface area contributed by atoms with Crippen LogP contribution in [0.2, 0.25) is 0 Å². The van der Waals surface area contributed by atoms with E-state index in [0.717, 1.165) is 24.4 Å². The van der Waals surface area contributed by atoms with Gasteiger partial charge in [-0.15, -0.1) is 0 Å². The van der Waals surface area contributed by atoms with Gasteiger partial charge < -0.3 is 13.7 Å². The van der Waals surface area contributed by atoms with Crippen molar-refractivity contribution >= 4 is 0 Å². The van der Waals surface area contributed by atoms with Crippen molar-refractivity contribution in [1.29, 1.82) is 0 Å². The lowest BCUT2D eigenvalue weighted by molar-refractivity contribution is 0.0193. The van der Waals surface area contributed by atoms with Gasteiger partial charge in [0.05, 0.1) is 31.0 Å². The van der Waals surface area contributed by atoms with Gasteiger partial charge in [-0.05, 0) is 23.5 Å². The molecular formula is C15H20N2O3. The number of rotatable bonds is 3. The Hall–Kier alpha value is -1.62. The fourth-order valence-electron chi connectivity index (χ4n) is 2.77. The van der Waals surface area contributed by atoms with E-state index in [4.69, 9.17) is 13.7 Å². The Labute approximate surface area is 118 Å². The largest absolute Gasteiger partial charge is 0.472 e. The summed E-state index contributed by atoms with van der Waals surface area (Å²) in [7, 11) is 0. The lowest BCUT2D eigenvalue weighted by atomic mass is 9.81. The molecule has 1 aliphatic rings. The number of nitrogens with zero attached hydrogens (tertiary/aromatic N) is 2. The third-order valence-corrected chi connectivity index (χ3v) is 3.70. The predicted molar refractivity (Wildman–Crippen MR) is 72.4 cm³/mol. The molecule has 2 aromatic heterocycles. The molecule has 0 spiro atoms. The summed E-state index contributed by atoms with van der Waals surface area (Å²) >= 11 is 0. The van der Waals surface area contributed by atoms with Gasteiger partial charge in [0.1, 0.15) is 0 Å². The summed E-state index contributed by atoms with van der Waals surface area (Å²) < 4.78 is 16.3. The van der Waals surface area contributed by atoms with Crippen molar-refractivity contribution in [2.24, 2.45) is 5.41 Å². The first kappa shape index (κ1) is 13.4. The monoisotopic (exact) mass is 276 g/mol. The zero-order valence-electron chi connectivity index (χ0n) is 12.1. The molecule has 0 aliphatic carbocycles. The zero-order valence-corrected chi connectivity index (χ0v) is 12.1. The highest BCUT2D eigenvalue weighted by atomic mass is 16.5. The maximum Gasteiger partial charge on any atom is 0.231 e. The molecule has 20 heavy (non-hydrogen) atoms. The Balaban J connectivity index is 1.76. The van der Waals surface area contributed by atoms with E-state index in [9.17, 15) is 0 Å². The van der Waals surface area contributed by atoms with Crippen LogP contribution in [-0.2, 0) is 11.2 Å². The van der Waals surface area contributed by atoms with Gasteiger partial charge in [0.15, 0.2) is 5.82 Å². The van der Waals surface area contributed by atoms with Crippen molar-refractivity contribution in [3.05, 3.63) is 35.9 Å². The summed E-state index contributed by atoms with van der Waals surface area (Å²) in [6.45, 7) is 7.31. The maximum atomic E-state index is 5.86. The Kier molecular flexibility index (Phi) is 3.38. The Morgan fingerprint density at radius 2 is 2.20 bits per heavy atom. The highest BCUT2D eigenvalue weighted by molar-refractivity contribution is 5.12. The van der Waals surface area contributed by atoms with Gasteiger partial charge >= 0.3 is 0 Å². The lowest BCUT2D eigenvalue weighted by Crippen LogP contribution is -2.30. The molecule has 0 unspecified atom stereocenters. The van der Waals surface area contributed by atoms with Gasteiger partial charge in [-0.3, -0.25) is 0 Å². The van der Waals surface area contributed by atoms with Crippen LogP contribution < -0.4 is 0 Å². The minimum absolute atomic E-state index is 0.0759. The first-order valence-electron chi connectivity index (χ1n) is 6.99. The molecule has 5 heteroatoms. The van der Waals surface area contributed by atoms with Crippen molar-refractivity contribution in [1.82, 2.24) is 10.1 Å². The van der Waals surface area contributed by atoms with Crippen molar-refractivity contribution < 1.29 is 13.7 Å². The average molecular weight is 276 g/mol. The third-order valence-electron chi connectivity index (χ3n) is 3.70. The fourth-order valence-corrected chi connectivity index (χ4v) is 2.77. The first-order valence-corrected chi connectivity index (χ1v) is 6.99. The molecule has 5 nitrogen and oxygen atoms in total. The molecule has 1 saturated heterocycles. The second-order valence-corrected chi connectivity index (χ2v) is 6.41.